The van der Waals surface area contributed by atoms with Gasteiger partial charge in [0.05, 0.1) is 16.6 Å². The third-order valence-electron chi connectivity index (χ3n) is 9.06. The molecule has 8 bridgehead atoms. The molecule has 0 spiro atoms. The lowest BCUT2D eigenvalue weighted by Gasteiger charge is -2.09. The standard InChI is InChI=1S/C43H34N4/c1-5-32-33-18-20-35(44-33)41(29-12-6-26(2)7-13-29)37-22-24-39(46-37)43(31-16-10-28(4)11-17-31)40-25-23-38(47-40)42(36-21-19-34(32)45-36)30-14-8-27(3)9-15-30/h1,6-25,44-47H,2-4H3. The highest BCUT2D eigenvalue weighted by Crippen LogP contribution is 2.27. The molecule has 0 atom stereocenters. The van der Waals surface area contributed by atoms with E-state index < -0.39 is 0 Å². The van der Waals surface area contributed by atoms with Crippen molar-refractivity contribution in [3.05, 3.63) is 199 Å². The quantitative estimate of drug-likeness (QED) is 0.184. The lowest BCUT2D eigenvalue weighted by molar-refractivity contribution is 1.19. The Labute approximate surface area is 273 Å². The second-order valence-electron chi connectivity index (χ2n) is 12.4. The number of nitrogens with one attached hydrogen (secondary N) is 4. The molecule has 5 heterocycles. The first-order chi connectivity index (χ1) is 22.9. The minimum Gasteiger partial charge on any atom is -0.354 e. The van der Waals surface area contributed by atoms with E-state index in [0.29, 0.717) is 0 Å². The number of benzene rings is 3. The number of aromatic amines is 4. The van der Waals surface area contributed by atoms with Crippen molar-refractivity contribution in [2.24, 2.45) is 0 Å². The molecule has 4 aromatic heterocycles. The molecule has 8 rings (SSSR count). The van der Waals surface area contributed by atoms with Gasteiger partial charge in [0.15, 0.2) is 0 Å². The summed E-state index contributed by atoms with van der Waals surface area (Å²) in [5.41, 5.74) is 14.9. The first kappa shape index (κ1) is 28.3. The fraction of sp³-hybridized carbons (Fsp3) is 0.0698. The average Bonchev–Trinajstić information content (AvgIpc) is 3.91. The van der Waals surface area contributed by atoms with E-state index in [0.717, 1.165) is 83.2 Å². The van der Waals surface area contributed by atoms with E-state index in [2.05, 4.69) is 168 Å². The molecule has 7 aromatic rings. The van der Waals surface area contributed by atoms with E-state index >= 15 is 0 Å². The summed E-state index contributed by atoms with van der Waals surface area (Å²) in [6.07, 6.45) is 6.20. The van der Waals surface area contributed by atoms with Gasteiger partial charge in [0, 0.05) is 49.8 Å². The zero-order chi connectivity index (χ0) is 32.1. The molecule has 0 unspecified atom stereocenters. The van der Waals surface area contributed by atoms with E-state index in [9.17, 15) is 0 Å². The van der Waals surface area contributed by atoms with Crippen LogP contribution in [0.25, 0.3) is 22.3 Å². The fourth-order valence-electron chi connectivity index (χ4n) is 6.58. The van der Waals surface area contributed by atoms with E-state index in [-0.39, 0.29) is 0 Å². The molecule has 4 N–H and O–H groups in total. The van der Waals surface area contributed by atoms with Crippen molar-refractivity contribution in [3.8, 4) is 12.3 Å². The van der Waals surface area contributed by atoms with Crippen molar-refractivity contribution < 1.29 is 0 Å². The third kappa shape index (κ3) is 5.09. The van der Waals surface area contributed by atoms with E-state index in [1.165, 1.54) is 16.7 Å². The predicted octanol–water partition coefficient (Wildman–Crippen LogP) is 5.81. The topological polar surface area (TPSA) is 63.2 Å². The van der Waals surface area contributed by atoms with Crippen LogP contribution in [0.15, 0.2) is 121 Å². The SMILES string of the molecule is C#CC1=c2ccc([nH]2)=C(c2ccc(C)cc2)c2ccc([nH]2)C(c2ccc(C)cc2)=c2ccc([nH]2)=C(c2ccc(C)cc2)c2ccc1[nH]2. The van der Waals surface area contributed by atoms with E-state index in [1.807, 2.05) is 0 Å². The van der Waals surface area contributed by atoms with Gasteiger partial charge in [-0.15, -0.1) is 6.42 Å². The van der Waals surface area contributed by atoms with Crippen molar-refractivity contribution in [2.45, 2.75) is 20.8 Å². The fourth-order valence-corrected chi connectivity index (χ4v) is 6.58. The summed E-state index contributed by atoms with van der Waals surface area (Å²) in [6, 6.07) is 43.2. The second kappa shape index (κ2) is 11.3. The Balaban J connectivity index is 1.51. The summed E-state index contributed by atoms with van der Waals surface area (Å²) in [6.45, 7) is 6.35. The van der Waals surface area contributed by atoms with Crippen LogP contribution in [-0.4, -0.2) is 19.9 Å². The maximum Gasteiger partial charge on any atom is 0.0712 e. The first-order valence-electron chi connectivity index (χ1n) is 15.9. The third-order valence-corrected chi connectivity index (χ3v) is 9.06. The molecule has 0 fully saturated rings. The van der Waals surface area contributed by atoms with Crippen LogP contribution in [0.3, 0.4) is 0 Å². The molecule has 226 valence electrons. The second-order valence-corrected chi connectivity index (χ2v) is 12.4. The van der Waals surface area contributed by atoms with Crippen LogP contribution >= 0.6 is 0 Å². The number of aromatic nitrogens is 4. The summed E-state index contributed by atoms with van der Waals surface area (Å²) in [5, 5.41) is 3.90. The molecule has 4 nitrogen and oxygen atoms in total. The summed E-state index contributed by atoms with van der Waals surface area (Å²) in [4.78, 5) is 15.0. The minimum absolute atomic E-state index is 0.774. The van der Waals surface area contributed by atoms with Crippen molar-refractivity contribution in [2.75, 3.05) is 0 Å². The van der Waals surface area contributed by atoms with Gasteiger partial charge < -0.3 is 19.9 Å². The molecular weight excluding hydrogens is 573 g/mol. The van der Waals surface area contributed by atoms with Crippen molar-refractivity contribution in [1.29, 1.82) is 0 Å². The largest absolute Gasteiger partial charge is 0.354 e. The van der Waals surface area contributed by atoms with Crippen molar-refractivity contribution in [1.82, 2.24) is 19.9 Å². The Morgan fingerprint density at radius 3 is 1.06 bits per heavy atom. The highest BCUT2D eigenvalue weighted by Gasteiger charge is 2.17. The molecule has 4 heteroatoms. The van der Waals surface area contributed by atoms with Crippen molar-refractivity contribution >= 4 is 22.3 Å². The molecule has 3 aromatic carbocycles. The van der Waals surface area contributed by atoms with Gasteiger partial charge in [0.25, 0.3) is 0 Å². The van der Waals surface area contributed by atoms with Gasteiger partial charge in [0.1, 0.15) is 0 Å². The number of terminal acetylenes is 1. The molecule has 0 saturated carbocycles. The zero-order valence-electron chi connectivity index (χ0n) is 26.6. The maximum absolute atomic E-state index is 6.20. The van der Waals surface area contributed by atoms with Gasteiger partial charge in [-0.25, -0.2) is 0 Å². The first-order valence-corrected chi connectivity index (χ1v) is 15.9. The molecule has 47 heavy (non-hydrogen) atoms. The van der Waals surface area contributed by atoms with Gasteiger partial charge in [0.2, 0.25) is 0 Å². The van der Waals surface area contributed by atoms with Crippen LogP contribution in [0.1, 0.15) is 56.2 Å². The van der Waals surface area contributed by atoms with Crippen LogP contribution in [0.2, 0.25) is 0 Å². The number of H-pyrrole nitrogens is 4. The Morgan fingerprint density at radius 2 is 0.681 bits per heavy atom. The van der Waals surface area contributed by atoms with Crippen LogP contribution in [0.5, 0.6) is 0 Å². The van der Waals surface area contributed by atoms with Gasteiger partial charge in [-0.3, -0.25) is 0 Å². The molecule has 0 amide bonds. The normalized spacial score (nSPS) is 12.8. The van der Waals surface area contributed by atoms with Crippen LogP contribution in [0, 0.1) is 33.1 Å². The number of aryl methyl sites for hydroxylation is 3. The minimum atomic E-state index is 0.774. The van der Waals surface area contributed by atoms with Crippen LogP contribution < -0.4 is 21.4 Å². The summed E-state index contributed by atoms with van der Waals surface area (Å²) in [7, 11) is 0. The summed E-state index contributed by atoms with van der Waals surface area (Å²) < 4.78 is 0. The lowest BCUT2D eigenvalue weighted by Crippen LogP contribution is -2.18. The molecular formula is C43H34N4. The molecule has 0 aliphatic carbocycles. The average molecular weight is 607 g/mol. The van der Waals surface area contributed by atoms with Crippen LogP contribution in [0.4, 0.5) is 0 Å². The highest BCUT2D eigenvalue weighted by atomic mass is 14.8. The monoisotopic (exact) mass is 606 g/mol. The Morgan fingerprint density at radius 1 is 0.362 bits per heavy atom. The van der Waals surface area contributed by atoms with E-state index in [1.54, 1.807) is 0 Å². The molecule has 0 saturated heterocycles. The Bertz CT molecular complexity index is 2570. The number of fused-ring (bicyclic) bond motifs is 8. The van der Waals surface area contributed by atoms with Gasteiger partial charge in [-0.1, -0.05) is 95.4 Å². The maximum atomic E-state index is 6.20. The van der Waals surface area contributed by atoms with E-state index in [4.69, 9.17) is 6.42 Å². The summed E-state index contributed by atoms with van der Waals surface area (Å²) >= 11 is 0. The number of hydrogen-bond donors (Lipinski definition) is 4. The molecule has 1 aliphatic heterocycles. The number of rotatable bonds is 3. The summed E-state index contributed by atoms with van der Waals surface area (Å²) in [5.74, 6) is 2.97. The molecule has 1 aliphatic rings. The zero-order valence-corrected chi connectivity index (χ0v) is 26.6. The lowest BCUT2D eigenvalue weighted by atomic mass is 10.0. The number of hydrogen-bond acceptors (Lipinski definition) is 0. The molecule has 0 radical (unpaired) electrons. The van der Waals surface area contributed by atoms with Crippen molar-refractivity contribution in [3.63, 3.8) is 0 Å². The smallest absolute Gasteiger partial charge is 0.0712 e. The predicted molar refractivity (Wildman–Crippen MR) is 191 cm³/mol. The van der Waals surface area contributed by atoms with Gasteiger partial charge in [-0.05, 0) is 86.0 Å². The van der Waals surface area contributed by atoms with Gasteiger partial charge in [-0.2, -0.15) is 0 Å². The Hall–Kier alpha value is -6.18. The highest BCUT2D eigenvalue weighted by molar-refractivity contribution is 5.84. The Kier molecular flexibility index (Phi) is 6.82. The van der Waals surface area contributed by atoms with Crippen LogP contribution in [-0.2, 0) is 0 Å². The van der Waals surface area contributed by atoms with Gasteiger partial charge >= 0.3 is 0 Å².